The Morgan fingerprint density at radius 1 is 1.23 bits per heavy atom. The van der Waals surface area contributed by atoms with E-state index >= 15 is 0 Å². The van der Waals surface area contributed by atoms with Gasteiger partial charge in [0.05, 0.1) is 14.2 Å². The minimum Gasteiger partial charge on any atom is -0.495 e. The smallest absolute Gasteiger partial charge is 0.251 e. The average Bonchev–Trinajstić information content (AvgIpc) is 2.50. The highest BCUT2D eigenvalue weighted by Crippen LogP contribution is 2.35. The van der Waals surface area contributed by atoms with Crippen LogP contribution in [0.4, 0.5) is 0 Å². The molecule has 1 amide bonds. The molecular weight excluding hydrogens is 350 g/mol. The van der Waals surface area contributed by atoms with Crippen LogP contribution in [-0.2, 0) is 4.74 Å². The molecule has 1 aromatic carbocycles. The Balaban J connectivity index is 2.52. The molecule has 0 atom stereocenters. The van der Waals surface area contributed by atoms with Crippen LogP contribution >= 0.6 is 15.9 Å². The van der Waals surface area contributed by atoms with Crippen LogP contribution in [0, 0.1) is 5.92 Å². The number of hydrogen-bond donors (Lipinski definition) is 1. The summed E-state index contributed by atoms with van der Waals surface area (Å²) in [6.07, 6.45) is 0.781. The lowest BCUT2D eigenvalue weighted by atomic mass is 10.2. The number of nitrogens with one attached hydrogen (secondary N) is 1. The second-order valence-electron chi connectivity index (χ2n) is 5.27. The summed E-state index contributed by atoms with van der Waals surface area (Å²) in [6, 6.07) is 3.36. The molecule has 0 fully saturated rings. The van der Waals surface area contributed by atoms with E-state index in [0.29, 0.717) is 40.6 Å². The molecule has 1 N–H and O–H groups in total. The van der Waals surface area contributed by atoms with Crippen LogP contribution in [0.1, 0.15) is 30.6 Å². The van der Waals surface area contributed by atoms with Gasteiger partial charge in [0.2, 0.25) is 0 Å². The van der Waals surface area contributed by atoms with E-state index in [1.165, 1.54) is 0 Å². The number of carbonyl (C=O) groups is 1. The minimum atomic E-state index is -0.159. The molecule has 0 aromatic heterocycles. The van der Waals surface area contributed by atoms with Crippen molar-refractivity contribution in [3.05, 3.63) is 22.2 Å². The zero-order valence-electron chi connectivity index (χ0n) is 13.6. The molecule has 0 saturated carbocycles. The van der Waals surface area contributed by atoms with Gasteiger partial charge in [0.15, 0.2) is 0 Å². The number of halogens is 1. The Kier molecular flexibility index (Phi) is 8.27. The molecule has 0 saturated heterocycles. The first kappa shape index (κ1) is 18.8. The third-order valence-electron chi connectivity index (χ3n) is 2.91. The number of amides is 1. The van der Waals surface area contributed by atoms with E-state index < -0.39 is 0 Å². The molecule has 0 aliphatic heterocycles. The predicted octanol–water partition coefficient (Wildman–Crippen LogP) is 3.26. The lowest BCUT2D eigenvalue weighted by Crippen LogP contribution is -2.25. The predicted molar refractivity (Wildman–Crippen MR) is 89.9 cm³/mol. The molecule has 0 aliphatic carbocycles. The first-order valence-electron chi connectivity index (χ1n) is 7.27. The van der Waals surface area contributed by atoms with E-state index in [0.717, 1.165) is 13.0 Å². The van der Waals surface area contributed by atoms with Gasteiger partial charge in [-0.3, -0.25) is 4.79 Å². The summed E-state index contributed by atoms with van der Waals surface area (Å²) in [5, 5.41) is 2.86. The molecule has 0 aliphatic rings. The van der Waals surface area contributed by atoms with Gasteiger partial charge in [0.1, 0.15) is 16.0 Å². The van der Waals surface area contributed by atoms with Gasteiger partial charge < -0.3 is 19.5 Å². The lowest BCUT2D eigenvalue weighted by Gasteiger charge is -2.12. The van der Waals surface area contributed by atoms with E-state index in [9.17, 15) is 4.79 Å². The Morgan fingerprint density at radius 2 is 1.82 bits per heavy atom. The Morgan fingerprint density at radius 3 is 2.32 bits per heavy atom. The van der Waals surface area contributed by atoms with Crippen molar-refractivity contribution >= 4 is 21.8 Å². The van der Waals surface area contributed by atoms with Crippen molar-refractivity contribution in [1.82, 2.24) is 5.32 Å². The summed E-state index contributed by atoms with van der Waals surface area (Å²) in [5.74, 6) is 1.49. The third-order valence-corrected chi connectivity index (χ3v) is 3.69. The average molecular weight is 374 g/mol. The first-order chi connectivity index (χ1) is 10.5. The zero-order valence-corrected chi connectivity index (χ0v) is 15.2. The van der Waals surface area contributed by atoms with E-state index in [1.807, 2.05) is 0 Å². The lowest BCUT2D eigenvalue weighted by molar-refractivity contribution is 0.0924. The van der Waals surface area contributed by atoms with Gasteiger partial charge in [-0.2, -0.15) is 0 Å². The molecule has 22 heavy (non-hydrogen) atoms. The molecule has 1 aromatic rings. The van der Waals surface area contributed by atoms with E-state index in [1.54, 1.807) is 26.4 Å². The Labute approximate surface area is 140 Å². The summed E-state index contributed by atoms with van der Waals surface area (Å²) in [5.41, 5.74) is 0.500. The van der Waals surface area contributed by atoms with Crippen molar-refractivity contribution in [2.24, 2.45) is 5.92 Å². The van der Waals surface area contributed by atoms with Crippen LogP contribution in [0.25, 0.3) is 0 Å². The molecule has 6 heteroatoms. The summed E-state index contributed by atoms with van der Waals surface area (Å²) >= 11 is 3.38. The van der Waals surface area contributed by atoms with Crippen LogP contribution in [0.2, 0.25) is 0 Å². The molecule has 1 rings (SSSR count). The fourth-order valence-corrected chi connectivity index (χ4v) is 2.35. The van der Waals surface area contributed by atoms with Gasteiger partial charge >= 0.3 is 0 Å². The maximum absolute atomic E-state index is 12.2. The second kappa shape index (κ2) is 9.69. The summed E-state index contributed by atoms with van der Waals surface area (Å²) in [7, 11) is 3.10. The SMILES string of the molecule is COc1cc(C(=O)NCCCOCC(C)C)cc(OC)c1Br. The second-order valence-corrected chi connectivity index (χ2v) is 6.07. The molecular formula is C16H24BrNO4. The molecule has 5 nitrogen and oxygen atoms in total. The molecule has 0 bridgehead atoms. The molecule has 0 heterocycles. The van der Waals surface area contributed by atoms with E-state index in [4.69, 9.17) is 14.2 Å². The maximum atomic E-state index is 12.2. The van der Waals surface area contributed by atoms with Crippen molar-refractivity contribution in [2.75, 3.05) is 34.0 Å². The fourth-order valence-electron chi connectivity index (χ4n) is 1.80. The standard InChI is InChI=1S/C16H24BrNO4/c1-11(2)10-22-7-5-6-18-16(19)12-8-13(20-3)15(17)14(9-12)21-4/h8-9,11H,5-7,10H2,1-4H3,(H,18,19). The number of rotatable bonds is 9. The van der Waals surface area contributed by atoms with Crippen molar-refractivity contribution in [2.45, 2.75) is 20.3 Å². The van der Waals surface area contributed by atoms with Gasteiger partial charge in [0.25, 0.3) is 5.91 Å². The summed E-state index contributed by atoms with van der Waals surface area (Å²) < 4.78 is 16.6. The number of carbonyl (C=O) groups excluding carboxylic acids is 1. The first-order valence-corrected chi connectivity index (χ1v) is 8.06. The third kappa shape index (κ3) is 5.85. The highest BCUT2D eigenvalue weighted by Gasteiger charge is 2.14. The zero-order chi connectivity index (χ0) is 16.5. The van der Waals surface area contributed by atoms with Crippen molar-refractivity contribution in [3.63, 3.8) is 0 Å². The molecule has 0 radical (unpaired) electrons. The van der Waals surface area contributed by atoms with Crippen molar-refractivity contribution in [1.29, 1.82) is 0 Å². The van der Waals surface area contributed by atoms with Gasteiger partial charge in [-0.15, -0.1) is 0 Å². The highest BCUT2D eigenvalue weighted by atomic mass is 79.9. The largest absolute Gasteiger partial charge is 0.495 e. The van der Waals surface area contributed by atoms with Crippen molar-refractivity contribution < 1.29 is 19.0 Å². The van der Waals surface area contributed by atoms with Gasteiger partial charge in [0, 0.05) is 25.3 Å². The van der Waals surface area contributed by atoms with Crippen LogP contribution in [0.3, 0.4) is 0 Å². The number of benzene rings is 1. The normalized spacial score (nSPS) is 10.6. The summed E-state index contributed by atoms with van der Waals surface area (Å²) in [6.45, 7) is 6.17. The van der Waals surface area contributed by atoms with Crippen LogP contribution in [0.15, 0.2) is 16.6 Å². The van der Waals surface area contributed by atoms with Gasteiger partial charge in [-0.05, 0) is 40.4 Å². The van der Waals surface area contributed by atoms with Gasteiger partial charge in [-0.1, -0.05) is 13.8 Å². The topological polar surface area (TPSA) is 56.8 Å². The van der Waals surface area contributed by atoms with Crippen LogP contribution < -0.4 is 14.8 Å². The Hall–Kier alpha value is -1.27. The fraction of sp³-hybridized carbons (Fsp3) is 0.562. The highest BCUT2D eigenvalue weighted by molar-refractivity contribution is 9.10. The maximum Gasteiger partial charge on any atom is 0.251 e. The number of ether oxygens (including phenoxy) is 3. The molecule has 124 valence electrons. The quantitative estimate of drug-likeness (QED) is 0.675. The van der Waals surface area contributed by atoms with Crippen molar-refractivity contribution in [3.8, 4) is 11.5 Å². The summed E-state index contributed by atoms with van der Waals surface area (Å²) in [4.78, 5) is 12.2. The van der Waals surface area contributed by atoms with Crippen LogP contribution in [0.5, 0.6) is 11.5 Å². The molecule has 0 unspecified atom stereocenters. The van der Waals surface area contributed by atoms with Crippen LogP contribution in [-0.4, -0.2) is 39.9 Å². The number of hydrogen-bond acceptors (Lipinski definition) is 4. The van der Waals surface area contributed by atoms with Gasteiger partial charge in [-0.25, -0.2) is 0 Å². The molecule has 0 spiro atoms. The van der Waals surface area contributed by atoms with E-state index in [-0.39, 0.29) is 5.91 Å². The minimum absolute atomic E-state index is 0.159. The Bertz CT molecular complexity index is 466. The van der Waals surface area contributed by atoms with E-state index in [2.05, 4.69) is 35.1 Å². The number of methoxy groups -OCH3 is 2. The monoisotopic (exact) mass is 373 g/mol.